The summed E-state index contributed by atoms with van der Waals surface area (Å²) >= 11 is 0. The standard InChI is InChI=1S/C36H44N4O7S/c1-25(2)23-32(36(43)39-31-10-8-22-40(24-33(31)41)48(44,45)35-12-5-6-21-37-35)38-34(42)11-7-9-30(26-13-17-28(46-3)18-14-26)27-15-19-29(47-4)20-16-27/h5-6,9,12-21,25,31-32H,7-8,10-11,22-24H2,1-4H3,(H,38,42)(H,39,43)/t31?,32-/m0/s1. The average Bonchev–Trinajstić information content (AvgIpc) is 3.28. The van der Waals surface area contributed by atoms with Gasteiger partial charge in [-0.1, -0.05) is 50.3 Å². The summed E-state index contributed by atoms with van der Waals surface area (Å²) < 4.78 is 37.9. The number of rotatable bonds is 14. The summed E-state index contributed by atoms with van der Waals surface area (Å²) in [4.78, 5) is 43.7. The van der Waals surface area contributed by atoms with Gasteiger partial charge in [-0.2, -0.15) is 4.31 Å². The van der Waals surface area contributed by atoms with Gasteiger partial charge in [0.1, 0.15) is 17.5 Å². The lowest BCUT2D eigenvalue weighted by molar-refractivity contribution is -0.131. The third kappa shape index (κ3) is 9.74. The highest BCUT2D eigenvalue weighted by atomic mass is 32.2. The Hall–Kier alpha value is -4.55. The first-order chi connectivity index (χ1) is 23.0. The number of ether oxygens (including phenoxy) is 2. The van der Waals surface area contributed by atoms with E-state index in [0.29, 0.717) is 19.3 Å². The fourth-order valence-corrected chi connectivity index (χ4v) is 6.89. The van der Waals surface area contributed by atoms with E-state index >= 15 is 0 Å². The quantitative estimate of drug-likeness (QED) is 0.256. The summed E-state index contributed by atoms with van der Waals surface area (Å²) in [7, 11) is -0.737. The number of hydrogen-bond donors (Lipinski definition) is 2. The number of ketones is 1. The van der Waals surface area contributed by atoms with Gasteiger partial charge in [-0.05, 0) is 84.7 Å². The number of carbonyl (C=O) groups is 3. The van der Waals surface area contributed by atoms with Crippen LogP contribution in [-0.2, 0) is 24.4 Å². The van der Waals surface area contributed by atoms with Gasteiger partial charge < -0.3 is 20.1 Å². The second-order valence-corrected chi connectivity index (χ2v) is 13.9. The Bertz CT molecular complexity index is 1630. The van der Waals surface area contributed by atoms with Crippen molar-refractivity contribution in [1.29, 1.82) is 0 Å². The Labute approximate surface area is 282 Å². The summed E-state index contributed by atoms with van der Waals surface area (Å²) in [5.41, 5.74) is 2.85. The molecule has 1 unspecified atom stereocenters. The first-order valence-electron chi connectivity index (χ1n) is 16.0. The predicted molar refractivity (Wildman–Crippen MR) is 183 cm³/mol. The van der Waals surface area contributed by atoms with Crippen molar-refractivity contribution < 1.29 is 32.3 Å². The van der Waals surface area contributed by atoms with Crippen LogP contribution in [0.25, 0.3) is 5.57 Å². The van der Waals surface area contributed by atoms with Gasteiger partial charge in [0.2, 0.25) is 11.8 Å². The molecule has 256 valence electrons. The van der Waals surface area contributed by atoms with E-state index in [-0.39, 0.29) is 42.8 Å². The Kier molecular flexibility index (Phi) is 12.9. The van der Waals surface area contributed by atoms with Crippen molar-refractivity contribution in [3.8, 4) is 11.5 Å². The van der Waals surface area contributed by atoms with E-state index in [1.807, 2.05) is 68.5 Å². The first kappa shape index (κ1) is 36.3. The number of nitrogens with one attached hydrogen (secondary N) is 2. The number of sulfonamides is 1. The molecule has 48 heavy (non-hydrogen) atoms. The molecule has 0 saturated carbocycles. The van der Waals surface area contributed by atoms with Crippen LogP contribution in [0.1, 0.15) is 57.1 Å². The van der Waals surface area contributed by atoms with Crippen LogP contribution in [0.3, 0.4) is 0 Å². The second-order valence-electron chi connectivity index (χ2n) is 12.0. The highest BCUT2D eigenvalue weighted by Crippen LogP contribution is 2.28. The molecule has 1 aromatic heterocycles. The molecule has 1 fully saturated rings. The molecule has 2 N–H and O–H groups in total. The van der Waals surface area contributed by atoms with Crippen LogP contribution in [0, 0.1) is 5.92 Å². The van der Waals surface area contributed by atoms with Crippen LogP contribution >= 0.6 is 0 Å². The van der Waals surface area contributed by atoms with Crippen molar-refractivity contribution >= 4 is 33.2 Å². The van der Waals surface area contributed by atoms with Crippen molar-refractivity contribution in [2.24, 2.45) is 5.92 Å². The molecule has 1 aliphatic heterocycles. The fourth-order valence-electron chi connectivity index (χ4n) is 5.52. The zero-order chi connectivity index (χ0) is 34.7. The highest BCUT2D eigenvalue weighted by molar-refractivity contribution is 7.89. The molecule has 1 aliphatic rings. The average molecular weight is 677 g/mol. The van der Waals surface area contributed by atoms with Crippen molar-refractivity contribution in [3.63, 3.8) is 0 Å². The Morgan fingerprint density at radius 3 is 2.15 bits per heavy atom. The van der Waals surface area contributed by atoms with Crippen LogP contribution in [0.5, 0.6) is 11.5 Å². The molecule has 2 heterocycles. The van der Waals surface area contributed by atoms with Gasteiger partial charge in [0.05, 0.1) is 26.8 Å². The Morgan fingerprint density at radius 2 is 1.60 bits per heavy atom. The normalized spacial score (nSPS) is 16.0. The zero-order valence-corrected chi connectivity index (χ0v) is 28.7. The molecule has 4 rings (SSSR count). The number of amides is 2. The molecule has 0 aliphatic carbocycles. The van der Waals surface area contributed by atoms with Gasteiger partial charge in [-0.15, -0.1) is 0 Å². The monoisotopic (exact) mass is 676 g/mol. The summed E-state index contributed by atoms with van der Waals surface area (Å²) in [6, 6.07) is 18.2. The smallest absolute Gasteiger partial charge is 0.260 e. The lowest BCUT2D eigenvalue weighted by Gasteiger charge is -2.23. The SMILES string of the molecule is COc1ccc(C(=CCCC(=O)N[C@@H](CC(C)C)C(=O)NC2CCCN(S(=O)(=O)c3ccccn3)CC2=O)c2ccc(OC)cc2)cc1. The number of aromatic nitrogens is 1. The van der Waals surface area contributed by atoms with Crippen LogP contribution in [0.15, 0.2) is 84.0 Å². The van der Waals surface area contributed by atoms with E-state index < -0.39 is 33.8 Å². The van der Waals surface area contributed by atoms with Gasteiger partial charge in [0.25, 0.3) is 10.0 Å². The zero-order valence-electron chi connectivity index (χ0n) is 27.8. The minimum atomic E-state index is -3.96. The highest BCUT2D eigenvalue weighted by Gasteiger charge is 2.34. The molecule has 1 saturated heterocycles. The molecule has 0 bridgehead atoms. The molecule has 2 atom stereocenters. The lowest BCUT2D eigenvalue weighted by atomic mass is 9.96. The number of allylic oxidation sites excluding steroid dienone is 1. The second kappa shape index (κ2) is 17.0. The topological polar surface area (TPSA) is 144 Å². The largest absolute Gasteiger partial charge is 0.497 e. The summed E-state index contributed by atoms with van der Waals surface area (Å²) in [5, 5.41) is 5.53. The molecule has 2 amide bonds. The molecule has 0 radical (unpaired) electrons. The lowest BCUT2D eigenvalue weighted by Crippen LogP contribution is -2.52. The number of methoxy groups -OCH3 is 2. The molecular weight excluding hydrogens is 632 g/mol. The number of benzene rings is 2. The van der Waals surface area contributed by atoms with Gasteiger partial charge in [0.15, 0.2) is 10.8 Å². The molecule has 3 aromatic rings. The number of pyridine rings is 1. The summed E-state index contributed by atoms with van der Waals surface area (Å²) in [6.07, 6.45) is 4.96. The van der Waals surface area contributed by atoms with Crippen LogP contribution in [0.2, 0.25) is 0 Å². The van der Waals surface area contributed by atoms with E-state index in [4.69, 9.17) is 9.47 Å². The van der Waals surface area contributed by atoms with Crippen molar-refractivity contribution in [2.45, 2.75) is 63.1 Å². The molecule has 12 heteroatoms. The van der Waals surface area contributed by atoms with Gasteiger partial charge in [0, 0.05) is 19.2 Å². The summed E-state index contributed by atoms with van der Waals surface area (Å²) in [6.45, 7) is 3.65. The molecule has 11 nitrogen and oxygen atoms in total. The van der Waals surface area contributed by atoms with E-state index in [1.54, 1.807) is 26.4 Å². The summed E-state index contributed by atoms with van der Waals surface area (Å²) in [5.74, 6) is 0.379. The maximum Gasteiger partial charge on any atom is 0.260 e. The maximum atomic E-state index is 13.4. The van der Waals surface area contributed by atoms with Gasteiger partial charge in [-0.3, -0.25) is 14.4 Å². The van der Waals surface area contributed by atoms with E-state index in [1.165, 1.54) is 12.3 Å². The maximum absolute atomic E-state index is 13.4. The predicted octanol–water partition coefficient (Wildman–Crippen LogP) is 4.38. The van der Waals surface area contributed by atoms with Crippen molar-refractivity contribution in [2.75, 3.05) is 27.3 Å². The number of nitrogens with zero attached hydrogens (tertiary/aromatic N) is 2. The van der Waals surface area contributed by atoms with Gasteiger partial charge >= 0.3 is 0 Å². The molecular formula is C36H44N4O7S. The van der Waals surface area contributed by atoms with Crippen molar-refractivity contribution in [1.82, 2.24) is 19.9 Å². The fraction of sp³-hybridized carbons (Fsp3) is 0.389. The number of carbonyl (C=O) groups excluding carboxylic acids is 3. The van der Waals surface area contributed by atoms with E-state index in [9.17, 15) is 22.8 Å². The first-order valence-corrected chi connectivity index (χ1v) is 17.5. The number of hydrogen-bond acceptors (Lipinski definition) is 8. The van der Waals surface area contributed by atoms with E-state index in [2.05, 4.69) is 15.6 Å². The van der Waals surface area contributed by atoms with Gasteiger partial charge in [-0.25, -0.2) is 13.4 Å². The van der Waals surface area contributed by atoms with Crippen LogP contribution in [-0.4, -0.2) is 74.7 Å². The minimum absolute atomic E-state index is 0.0848. The third-order valence-electron chi connectivity index (χ3n) is 8.06. The van der Waals surface area contributed by atoms with Crippen LogP contribution in [0.4, 0.5) is 0 Å². The Morgan fingerprint density at radius 1 is 0.979 bits per heavy atom. The minimum Gasteiger partial charge on any atom is -0.497 e. The van der Waals surface area contributed by atoms with Crippen LogP contribution < -0.4 is 20.1 Å². The number of Topliss-reactive ketones (excluding diaryl/α,β-unsaturated/α-hetero) is 1. The molecule has 0 spiro atoms. The van der Waals surface area contributed by atoms with E-state index in [0.717, 1.165) is 32.5 Å². The third-order valence-corrected chi connectivity index (χ3v) is 9.82. The Balaban J connectivity index is 1.41. The van der Waals surface area contributed by atoms with Crippen molar-refractivity contribution in [3.05, 3.63) is 90.1 Å². The molecule has 2 aromatic carbocycles.